The molecule has 9 nitrogen and oxygen atoms in total. The van der Waals surface area contributed by atoms with Crippen LogP contribution in [0.3, 0.4) is 0 Å². The van der Waals surface area contributed by atoms with Crippen LogP contribution in [0.25, 0.3) is 0 Å². The van der Waals surface area contributed by atoms with E-state index in [4.69, 9.17) is 21.1 Å². The van der Waals surface area contributed by atoms with E-state index < -0.39 is 11.8 Å². The van der Waals surface area contributed by atoms with Gasteiger partial charge in [-0.15, -0.1) is 0 Å². The predicted molar refractivity (Wildman–Crippen MR) is 134 cm³/mol. The number of amides is 3. The van der Waals surface area contributed by atoms with Crippen LogP contribution in [0.2, 0.25) is 5.02 Å². The molecule has 3 amide bonds. The molecule has 3 aromatic carbocycles. The average Bonchev–Trinajstić information content (AvgIpc) is 2.86. The smallest absolute Gasteiger partial charge is 0.329 e. The number of aryl methyl sites for hydroxylation is 1. The highest BCUT2D eigenvalue weighted by molar-refractivity contribution is 6.39. The van der Waals surface area contributed by atoms with E-state index in [1.807, 2.05) is 6.92 Å². The normalized spacial score (nSPS) is 10.5. The minimum atomic E-state index is -0.930. The Labute approximate surface area is 207 Å². The fraction of sp³-hybridized carbons (Fsp3) is 0.120. The third-order valence-corrected chi connectivity index (χ3v) is 5.05. The molecule has 0 aliphatic carbocycles. The minimum absolute atomic E-state index is 0.170. The van der Waals surface area contributed by atoms with Gasteiger partial charge in [0.05, 0.1) is 13.3 Å². The van der Waals surface area contributed by atoms with Gasteiger partial charge < -0.3 is 20.1 Å². The quantitative estimate of drug-likeness (QED) is 0.250. The highest BCUT2D eigenvalue weighted by Gasteiger charge is 2.13. The summed E-state index contributed by atoms with van der Waals surface area (Å²) in [6, 6.07) is 18.5. The summed E-state index contributed by atoms with van der Waals surface area (Å²) in [4.78, 5) is 35.9. The maximum absolute atomic E-state index is 12.0. The number of hydrogen-bond donors (Lipinski definition) is 3. The zero-order chi connectivity index (χ0) is 25.2. The highest BCUT2D eigenvalue weighted by atomic mass is 35.5. The fourth-order valence-electron chi connectivity index (χ4n) is 2.75. The maximum atomic E-state index is 12.0. The van der Waals surface area contributed by atoms with Crippen molar-refractivity contribution in [3.63, 3.8) is 0 Å². The van der Waals surface area contributed by atoms with Crippen molar-refractivity contribution in [2.45, 2.75) is 6.92 Å². The number of hydrogen-bond acceptors (Lipinski definition) is 6. The third kappa shape index (κ3) is 7.86. The standard InChI is InChI=1S/C25H23ClN4O5/c1-16-3-6-19(13-22(16)26)29-24(32)25(33)30-27-14-17-4-9-21(10-5-17)35-15-23(31)28-18-7-11-20(34-2)12-8-18/h3-14H,15H2,1-2H3,(H,28,31)(H,29,32)(H,30,33)/b27-14-. The van der Waals surface area contributed by atoms with Gasteiger partial charge in [0.25, 0.3) is 5.91 Å². The second-order valence-electron chi connectivity index (χ2n) is 7.25. The molecule has 3 aromatic rings. The number of anilines is 2. The zero-order valence-corrected chi connectivity index (χ0v) is 19.8. The molecule has 35 heavy (non-hydrogen) atoms. The summed E-state index contributed by atoms with van der Waals surface area (Å²) in [7, 11) is 1.57. The lowest BCUT2D eigenvalue weighted by Crippen LogP contribution is -2.32. The predicted octanol–water partition coefficient (Wildman–Crippen LogP) is 3.76. The number of halogens is 1. The lowest BCUT2D eigenvalue weighted by molar-refractivity contribution is -0.136. The topological polar surface area (TPSA) is 118 Å². The SMILES string of the molecule is COc1ccc(NC(=O)COc2ccc(/C=N\NC(=O)C(=O)Nc3ccc(C)c(Cl)c3)cc2)cc1. The molecule has 0 atom stereocenters. The number of benzene rings is 3. The molecule has 3 rings (SSSR count). The van der Waals surface area contributed by atoms with E-state index in [2.05, 4.69) is 21.2 Å². The van der Waals surface area contributed by atoms with Gasteiger partial charge in [0.2, 0.25) is 0 Å². The summed E-state index contributed by atoms with van der Waals surface area (Å²) in [5.41, 5.74) is 4.68. The Kier molecular flexibility index (Phi) is 8.80. The second-order valence-corrected chi connectivity index (χ2v) is 7.66. The van der Waals surface area contributed by atoms with Gasteiger partial charge in [-0.05, 0) is 78.7 Å². The zero-order valence-electron chi connectivity index (χ0n) is 19.0. The molecule has 0 aromatic heterocycles. The van der Waals surface area contributed by atoms with Crippen molar-refractivity contribution in [2.75, 3.05) is 24.4 Å². The van der Waals surface area contributed by atoms with Crippen molar-refractivity contribution in [1.82, 2.24) is 5.43 Å². The van der Waals surface area contributed by atoms with Gasteiger partial charge in [-0.2, -0.15) is 5.10 Å². The monoisotopic (exact) mass is 494 g/mol. The van der Waals surface area contributed by atoms with E-state index in [9.17, 15) is 14.4 Å². The molecule has 180 valence electrons. The van der Waals surface area contributed by atoms with Crippen LogP contribution in [0.1, 0.15) is 11.1 Å². The molecule has 0 spiro atoms. The first-order valence-electron chi connectivity index (χ1n) is 10.4. The largest absolute Gasteiger partial charge is 0.497 e. The van der Waals surface area contributed by atoms with Crippen LogP contribution in [0.4, 0.5) is 11.4 Å². The molecule has 0 bridgehead atoms. The summed E-state index contributed by atoms with van der Waals surface area (Å²) >= 11 is 6.01. The summed E-state index contributed by atoms with van der Waals surface area (Å²) in [6.07, 6.45) is 1.37. The van der Waals surface area contributed by atoms with Crippen LogP contribution in [-0.4, -0.2) is 37.7 Å². The van der Waals surface area contributed by atoms with Crippen molar-refractivity contribution < 1.29 is 23.9 Å². The third-order valence-electron chi connectivity index (χ3n) is 4.64. The van der Waals surface area contributed by atoms with E-state index in [1.165, 1.54) is 6.21 Å². The first-order chi connectivity index (χ1) is 16.8. The summed E-state index contributed by atoms with van der Waals surface area (Å²) in [5.74, 6) is -0.945. The highest BCUT2D eigenvalue weighted by Crippen LogP contribution is 2.20. The van der Waals surface area contributed by atoms with Gasteiger partial charge in [0, 0.05) is 16.4 Å². The molecule has 10 heteroatoms. The molecular formula is C25H23ClN4O5. The Morgan fingerprint density at radius 1 is 0.886 bits per heavy atom. The lowest BCUT2D eigenvalue weighted by atomic mass is 10.2. The summed E-state index contributed by atoms with van der Waals surface area (Å²) in [6.45, 7) is 1.66. The number of hydrazone groups is 1. The Balaban J connectivity index is 1.42. The molecule has 3 N–H and O–H groups in total. The molecule has 0 saturated heterocycles. The number of nitrogens with zero attached hydrogens (tertiary/aromatic N) is 1. The maximum Gasteiger partial charge on any atom is 0.329 e. The number of carbonyl (C=O) groups is 3. The van der Waals surface area contributed by atoms with Gasteiger partial charge in [0.15, 0.2) is 6.61 Å². The van der Waals surface area contributed by atoms with E-state index in [-0.39, 0.29) is 12.5 Å². The van der Waals surface area contributed by atoms with Crippen molar-refractivity contribution in [3.05, 3.63) is 82.9 Å². The number of methoxy groups -OCH3 is 1. The van der Waals surface area contributed by atoms with Crippen LogP contribution in [-0.2, 0) is 14.4 Å². The van der Waals surface area contributed by atoms with Gasteiger partial charge in [0.1, 0.15) is 11.5 Å². The molecule has 0 radical (unpaired) electrons. The first-order valence-corrected chi connectivity index (χ1v) is 10.8. The van der Waals surface area contributed by atoms with Crippen LogP contribution in [0, 0.1) is 6.92 Å². The van der Waals surface area contributed by atoms with Crippen molar-refractivity contribution in [1.29, 1.82) is 0 Å². The van der Waals surface area contributed by atoms with E-state index in [0.29, 0.717) is 33.5 Å². The van der Waals surface area contributed by atoms with Gasteiger partial charge in [-0.1, -0.05) is 17.7 Å². The van der Waals surface area contributed by atoms with E-state index in [0.717, 1.165) is 5.56 Å². The molecular weight excluding hydrogens is 472 g/mol. The van der Waals surface area contributed by atoms with Crippen molar-refractivity contribution >= 4 is 46.9 Å². The molecule has 0 unspecified atom stereocenters. The molecule has 0 fully saturated rings. The Morgan fingerprint density at radius 3 is 2.20 bits per heavy atom. The lowest BCUT2D eigenvalue weighted by Gasteiger charge is -2.08. The fourth-order valence-corrected chi connectivity index (χ4v) is 2.93. The number of rotatable bonds is 8. The van der Waals surface area contributed by atoms with E-state index in [1.54, 1.807) is 73.8 Å². The minimum Gasteiger partial charge on any atom is -0.497 e. The second kappa shape index (κ2) is 12.2. The van der Waals surface area contributed by atoms with Gasteiger partial charge in [-0.25, -0.2) is 5.43 Å². The molecule has 0 heterocycles. The summed E-state index contributed by atoms with van der Waals surface area (Å²) in [5, 5.41) is 9.42. The Hall–Kier alpha value is -4.37. The van der Waals surface area contributed by atoms with Crippen LogP contribution in [0.5, 0.6) is 11.5 Å². The molecule has 0 aliphatic rings. The van der Waals surface area contributed by atoms with Gasteiger partial charge >= 0.3 is 11.8 Å². The van der Waals surface area contributed by atoms with Crippen LogP contribution < -0.4 is 25.5 Å². The number of carbonyl (C=O) groups excluding carboxylic acids is 3. The molecule has 0 saturated carbocycles. The van der Waals surface area contributed by atoms with E-state index >= 15 is 0 Å². The first kappa shape index (κ1) is 25.3. The number of ether oxygens (including phenoxy) is 2. The average molecular weight is 495 g/mol. The van der Waals surface area contributed by atoms with Crippen molar-refractivity contribution in [3.8, 4) is 11.5 Å². The molecule has 0 aliphatic heterocycles. The summed E-state index contributed by atoms with van der Waals surface area (Å²) < 4.78 is 10.5. The van der Waals surface area contributed by atoms with Crippen LogP contribution in [0.15, 0.2) is 71.8 Å². The van der Waals surface area contributed by atoms with Gasteiger partial charge in [-0.3, -0.25) is 14.4 Å². The van der Waals surface area contributed by atoms with Crippen LogP contribution >= 0.6 is 11.6 Å². The Bertz CT molecular complexity index is 1230. The Morgan fingerprint density at radius 2 is 1.54 bits per heavy atom. The number of nitrogens with one attached hydrogen (secondary N) is 3. The van der Waals surface area contributed by atoms with Crippen molar-refractivity contribution in [2.24, 2.45) is 5.10 Å².